The number of ether oxygens (including phenoxy) is 2. The summed E-state index contributed by atoms with van der Waals surface area (Å²) >= 11 is 0. The predicted molar refractivity (Wildman–Crippen MR) is 102 cm³/mol. The minimum Gasteiger partial charge on any atom is -0.496 e. The normalized spacial score (nSPS) is 10.4. The Balaban J connectivity index is 1.83. The lowest BCUT2D eigenvalue weighted by molar-refractivity contribution is -0.142. The van der Waals surface area contributed by atoms with Gasteiger partial charge in [-0.15, -0.1) is 0 Å². The molecule has 0 aliphatic rings. The van der Waals surface area contributed by atoms with Gasteiger partial charge in [-0.25, -0.2) is 9.78 Å². The average molecular weight is 393 g/mol. The molecule has 0 saturated heterocycles. The molecule has 0 atom stereocenters. The van der Waals surface area contributed by atoms with E-state index in [9.17, 15) is 14.7 Å². The molecule has 2 rings (SSSR count). The van der Waals surface area contributed by atoms with Crippen LogP contribution in [0.2, 0.25) is 0 Å². The second-order valence-electron chi connectivity index (χ2n) is 5.25. The Kier molecular flexibility index (Phi) is 7.80. The van der Waals surface area contributed by atoms with Crippen molar-refractivity contribution in [2.75, 3.05) is 19.5 Å². The molecule has 0 amide bonds. The highest BCUT2D eigenvalue weighted by Gasteiger charge is 2.17. The van der Waals surface area contributed by atoms with Gasteiger partial charge in [0.15, 0.2) is 0 Å². The maximum atomic E-state index is 12.0. The van der Waals surface area contributed by atoms with Gasteiger partial charge in [-0.3, -0.25) is 4.79 Å². The minimum atomic E-state index is -1.10. The molecule has 1 aromatic carbocycles. The number of carboxylic acids is 1. The molecule has 2 aromatic rings. The van der Waals surface area contributed by atoms with Crippen molar-refractivity contribution in [2.45, 2.75) is 18.4 Å². The number of carboxylic acid groups (broad SMARTS) is 1. The van der Waals surface area contributed by atoms with Gasteiger partial charge in [-0.05, 0) is 47.0 Å². The summed E-state index contributed by atoms with van der Waals surface area (Å²) in [6.07, 6.45) is 1.63. The highest BCUT2D eigenvalue weighted by molar-refractivity contribution is 8.76. The molecule has 0 saturated carbocycles. The average Bonchev–Trinajstić information content (AvgIpc) is 2.62. The highest BCUT2D eigenvalue weighted by atomic mass is 33.1. The van der Waals surface area contributed by atoms with Crippen molar-refractivity contribution < 1.29 is 24.2 Å². The number of aryl methyl sites for hydroxylation is 1. The number of carbonyl (C=O) groups excluding carboxylic acids is 1. The second-order valence-corrected chi connectivity index (χ2v) is 7.69. The number of hydrogen-bond acceptors (Lipinski definition) is 7. The van der Waals surface area contributed by atoms with Crippen LogP contribution < -0.4 is 4.74 Å². The van der Waals surface area contributed by atoms with Crippen molar-refractivity contribution >= 4 is 33.5 Å². The first-order valence-electron chi connectivity index (χ1n) is 7.78. The van der Waals surface area contributed by atoms with Crippen LogP contribution in [0.1, 0.15) is 21.5 Å². The lowest BCUT2D eigenvalue weighted by Crippen LogP contribution is -2.13. The fourth-order valence-electron chi connectivity index (χ4n) is 2.21. The molecule has 0 fully saturated rings. The van der Waals surface area contributed by atoms with Gasteiger partial charge in [0.05, 0.1) is 19.1 Å². The van der Waals surface area contributed by atoms with Crippen LogP contribution in [0, 0.1) is 6.92 Å². The number of esters is 1. The third kappa shape index (κ3) is 5.96. The number of pyridine rings is 1. The molecule has 1 heterocycles. The SMILES string of the molecule is COc1cc(C(=O)O)c(CC(=O)OCCSSc2ccccn2)cc1C. The van der Waals surface area contributed by atoms with Gasteiger partial charge in [0, 0.05) is 11.9 Å². The molecule has 0 unspecified atom stereocenters. The number of hydrogen-bond donors (Lipinski definition) is 1. The van der Waals surface area contributed by atoms with Crippen LogP contribution in [-0.4, -0.2) is 41.5 Å². The smallest absolute Gasteiger partial charge is 0.336 e. The van der Waals surface area contributed by atoms with E-state index in [0.29, 0.717) is 17.1 Å². The van der Waals surface area contributed by atoms with Crippen molar-refractivity contribution in [1.29, 1.82) is 0 Å². The van der Waals surface area contributed by atoms with E-state index in [1.807, 2.05) is 18.2 Å². The summed E-state index contributed by atoms with van der Waals surface area (Å²) in [7, 11) is 4.52. The van der Waals surface area contributed by atoms with Crippen LogP contribution >= 0.6 is 21.6 Å². The highest BCUT2D eigenvalue weighted by Crippen LogP contribution is 2.28. The number of rotatable bonds is 9. The van der Waals surface area contributed by atoms with E-state index in [-0.39, 0.29) is 18.6 Å². The van der Waals surface area contributed by atoms with E-state index in [2.05, 4.69) is 4.98 Å². The van der Waals surface area contributed by atoms with Gasteiger partial charge in [-0.2, -0.15) is 0 Å². The predicted octanol–water partition coefficient (Wildman–Crippen LogP) is 3.62. The van der Waals surface area contributed by atoms with Crippen molar-refractivity contribution in [2.24, 2.45) is 0 Å². The van der Waals surface area contributed by atoms with E-state index in [1.54, 1.807) is 19.2 Å². The zero-order valence-corrected chi connectivity index (χ0v) is 16.1. The molecule has 6 nitrogen and oxygen atoms in total. The van der Waals surface area contributed by atoms with E-state index < -0.39 is 11.9 Å². The van der Waals surface area contributed by atoms with Crippen LogP contribution in [-0.2, 0) is 16.0 Å². The molecule has 1 aromatic heterocycles. The molecule has 0 aliphatic carbocycles. The monoisotopic (exact) mass is 393 g/mol. The van der Waals surface area contributed by atoms with Crippen LogP contribution in [0.15, 0.2) is 41.6 Å². The summed E-state index contributed by atoms with van der Waals surface area (Å²) in [6, 6.07) is 8.74. The molecule has 1 N–H and O–H groups in total. The van der Waals surface area contributed by atoms with Crippen LogP contribution in [0.25, 0.3) is 0 Å². The Morgan fingerprint density at radius 3 is 2.73 bits per heavy atom. The maximum absolute atomic E-state index is 12.0. The molecule has 0 radical (unpaired) electrons. The van der Waals surface area contributed by atoms with Crippen LogP contribution in [0.5, 0.6) is 5.75 Å². The largest absolute Gasteiger partial charge is 0.496 e. The summed E-state index contributed by atoms with van der Waals surface area (Å²) < 4.78 is 10.3. The molecule has 8 heteroatoms. The third-order valence-corrected chi connectivity index (χ3v) is 5.63. The van der Waals surface area contributed by atoms with Crippen molar-refractivity contribution in [3.05, 3.63) is 53.2 Å². The summed E-state index contributed by atoms with van der Waals surface area (Å²) in [5.41, 5.74) is 1.23. The van der Waals surface area contributed by atoms with Crippen molar-refractivity contribution in [1.82, 2.24) is 4.98 Å². The maximum Gasteiger partial charge on any atom is 0.336 e. The zero-order valence-electron chi connectivity index (χ0n) is 14.4. The van der Waals surface area contributed by atoms with Crippen LogP contribution in [0.4, 0.5) is 0 Å². The number of carbonyl (C=O) groups is 2. The topological polar surface area (TPSA) is 85.7 Å². The Bertz CT molecular complexity index is 768. The van der Waals surface area contributed by atoms with E-state index in [0.717, 1.165) is 10.6 Å². The number of aromatic carboxylic acids is 1. The first-order chi connectivity index (χ1) is 12.5. The number of benzene rings is 1. The Hall–Kier alpha value is -2.19. The summed E-state index contributed by atoms with van der Waals surface area (Å²) in [5.74, 6) is -0.475. The number of nitrogens with zero attached hydrogens (tertiary/aromatic N) is 1. The lowest BCUT2D eigenvalue weighted by Gasteiger charge is -2.11. The Morgan fingerprint density at radius 1 is 1.27 bits per heavy atom. The minimum absolute atomic E-state index is 0.0458. The number of aromatic nitrogens is 1. The van der Waals surface area contributed by atoms with Gasteiger partial charge in [0.1, 0.15) is 17.4 Å². The van der Waals surface area contributed by atoms with Gasteiger partial charge < -0.3 is 14.6 Å². The second kappa shape index (κ2) is 10.1. The standard InChI is InChI=1S/C18H19NO5S2/c1-12-9-13(14(18(21)22)11-15(12)23-2)10-17(20)24-7-8-25-26-16-5-3-4-6-19-16/h3-6,9,11H,7-8,10H2,1-2H3,(H,21,22). The summed E-state index contributed by atoms with van der Waals surface area (Å²) in [5, 5.41) is 10.2. The third-order valence-electron chi connectivity index (χ3n) is 3.40. The van der Waals surface area contributed by atoms with Gasteiger partial charge in [0.2, 0.25) is 0 Å². The quantitative estimate of drug-likeness (QED) is 0.393. The molecule has 0 spiro atoms. The molecule has 138 valence electrons. The molecular weight excluding hydrogens is 374 g/mol. The molecule has 0 bridgehead atoms. The molecule has 0 aliphatic heterocycles. The van der Waals surface area contributed by atoms with E-state index >= 15 is 0 Å². The first-order valence-corrected chi connectivity index (χ1v) is 10.1. The first kappa shape index (κ1) is 20.1. The fraction of sp³-hybridized carbons (Fsp3) is 0.278. The van der Waals surface area contributed by atoms with Crippen molar-refractivity contribution in [3.63, 3.8) is 0 Å². The lowest BCUT2D eigenvalue weighted by atomic mass is 10.0. The van der Waals surface area contributed by atoms with Crippen LogP contribution in [0.3, 0.4) is 0 Å². The Morgan fingerprint density at radius 2 is 2.08 bits per heavy atom. The molecular formula is C18H19NO5S2. The molecule has 26 heavy (non-hydrogen) atoms. The Labute approximate surface area is 159 Å². The van der Waals surface area contributed by atoms with E-state index in [4.69, 9.17) is 9.47 Å². The summed E-state index contributed by atoms with van der Waals surface area (Å²) in [4.78, 5) is 27.6. The van der Waals surface area contributed by atoms with Gasteiger partial charge >= 0.3 is 11.9 Å². The van der Waals surface area contributed by atoms with E-state index in [1.165, 1.54) is 34.8 Å². The summed E-state index contributed by atoms with van der Waals surface area (Å²) in [6.45, 7) is 2.05. The van der Waals surface area contributed by atoms with Gasteiger partial charge in [0.25, 0.3) is 0 Å². The number of methoxy groups -OCH3 is 1. The van der Waals surface area contributed by atoms with Crippen molar-refractivity contribution in [3.8, 4) is 5.75 Å². The zero-order chi connectivity index (χ0) is 18.9. The van der Waals surface area contributed by atoms with Gasteiger partial charge in [-0.1, -0.05) is 22.9 Å². The fourth-order valence-corrected chi connectivity index (χ4v) is 3.91.